The summed E-state index contributed by atoms with van der Waals surface area (Å²) in [5.74, 6) is 1.48. The van der Waals surface area contributed by atoms with Crippen LogP contribution in [-0.4, -0.2) is 26.4 Å². The van der Waals surface area contributed by atoms with Gasteiger partial charge in [-0.15, -0.1) is 0 Å². The lowest BCUT2D eigenvalue weighted by Crippen LogP contribution is -2.29. The first-order valence-electron chi connectivity index (χ1n) is 7.17. The number of nitrogens with one attached hydrogen (secondary N) is 1. The molecule has 3 rings (SSSR count). The van der Waals surface area contributed by atoms with Crippen LogP contribution in [0, 0.1) is 5.92 Å². The van der Waals surface area contributed by atoms with Crippen molar-refractivity contribution in [3.63, 3.8) is 0 Å². The Morgan fingerprint density at radius 2 is 2.10 bits per heavy atom. The standard InChI is InChI=1S/C15H19Cl2NO2/c16-11-7-12-14(3-6-20-15(12)13(17)8-11)18-4-1-10-2-5-19-9-10/h7-8,10,14,18H,1-6,9H2. The molecule has 1 N–H and O–H groups in total. The van der Waals surface area contributed by atoms with Crippen LogP contribution >= 0.6 is 23.2 Å². The lowest BCUT2D eigenvalue weighted by molar-refractivity contribution is 0.183. The highest BCUT2D eigenvalue weighted by Crippen LogP contribution is 2.39. The number of halogens is 2. The molecule has 2 atom stereocenters. The molecule has 0 bridgehead atoms. The van der Waals surface area contributed by atoms with E-state index in [0.29, 0.717) is 22.6 Å². The van der Waals surface area contributed by atoms with Gasteiger partial charge in [0.1, 0.15) is 5.75 Å². The molecule has 0 saturated carbocycles. The van der Waals surface area contributed by atoms with Gasteiger partial charge in [0.05, 0.1) is 11.6 Å². The summed E-state index contributed by atoms with van der Waals surface area (Å²) in [7, 11) is 0. The monoisotopic (exact) mass is 315 g/mol. The molecule has 5 heteroatoms. The lowest BCUT2D eigenvalue weighted by Gasteiger charge is -2.28. The number of fused-ring (bicyclic) bond motifs is 1. The topological polar surface area (TPSA) is 30.5 Å². The summed E-state index contributed by atoms with van der Waals surface area (Å²) < 4.78 is 11.1. The van der Waals surface area contributed by atoms with E-state index in [9.17, 15) is 0 Å². The molecule has 2 aliphatic heterocycles. The van der Waals surface area contributed by atoms with Crippen molar-refractivity contribution in [2.45, 2.75) is 25.3 Å². The Hall–Kier alpha value is -0.480. The van der Waals surface area contributed by atoms with Gasteiger partial charge in [0, 0.05) is 36.3 Å². The number of benzene rings is 1. The first kappa shape index (κ1) is 14.5. The van der Waals surface area contributed by atoms with Crippen molar-refractivity contribution in [3.05, 3.63) is 27.7 Å². The number of hydrogen-bond donors (Lipinski definition) is 1. The normalized spacial score (nSPS) is 25.3. The van der Waals surface area contributed by atoms with Crippen molar-refractivity contribution in [1.29, 1.82) is 0 Å². The van der Waals surface area contributed by atoms with Crippen molar-refractivity contribution >= 4 is 23.2 Å². The number of ether oxygens (including phenoxy) is 2. The van der Waals surface area contributed by atoms with Crippen LogP contribution in [0.4, 0.5) is 0 Å². The average molecular weight is 316 g/mol. The fourth-order valence-corrected chi connectivity index (χ4v) is 3.47. The Morgan fingerprint density at radius 3 is 2.90 bits per heavy atom. The van der Waals surface area contributed by atoms with Crippen molar-refractivity contribution in [2.75, 3.05) is 26.4 Å². The number of rotatable bonds is 4. The predicted molar refractivity (Wildman–Crippen MR) is 80.9 cm³/mol. The third-order valence-electron chi connectivity index (χ3n) is 4.03. The zero-order chi connectivity index (χ0) is 13.9. The van der Waals surface area contributed by atoms with E-state index < -0.39 is 0 Å². The molecule has 2 unspecified atom stereocenters. The molecule has 1 fully saturated rings. The maximum atomic E-state index is 6.20. The zero-order valence-corrected chi connectivity index (χ0v) is 12.8. The van der Waals surface area contributed by atoms with E-state index in [4.69, 9.17) is 32.7 Å². The average Bonchev–Trinajstić information content (AvgIpc) is 2.92. The summed E-state index contributed by atoms with van der Waals surface area (Å²) >= 11 is 12.3. The van der Waals surface area contributed by atoms with E-state index in [1.807, 2.05) is 6.07 Å². The maximum absolute atomic E-state index is 6.20. The quantitative estimate of drug-likeness (QED) is 0.916. The molecule has 1 aromatic rings. The van der Waals surface area contributed by atoms with E-state index in [2.05, 4.69) is 5.32 Å². The Morgan fingerprint density at radius 1 is 1.20 bits per heavy atom. The lowest BCUT2D eigenvalue weighted by atomic mass is 9.99. The van der Waals surface area contributed by atoms with Crippen LogP contribution < -0.4 is 10.1 Å². The summed E-state index contributed by atoms with van der Waals surface area (Å²) in [4.78, 5) is 0. The minimum atomic E-state index is 0.275. The molecule has 3 nitrogen and oxygen atoms in total. The van der Waals surface area contributed by atoms with Gasteiger partial charge in [0.25, 0.3) is 0 Å². The Labute approximate surface area is 129 Å². The highest BCUT2D eigenvalue weighted by molar-refractivity contribution is 6.35. The Kier molecular flexibility index (Phi) is 4.72. The van der Waals surface area contributed by atoms with Crippen LogP contribution in [0.5, 0.6) is 5.75 Å². The van der Waals surface area contributed by atoms with Crippen molar-refractivity contribution in [2.24, 2.45) is 5.92 Å². The van der Waals surface area contributed by atoms with Crippen molar-refractivity contribution in [3.8, 4) is 5.75 Å². The predicted octanol–water partition coefficient (Wildman–Crippen LogP) is 3.83. The third kappa shape index (κ3) is 3.22. The van der Waals surface area contributed by atoms with Crippen LogP contribution in [0.1, 0.15) is 30.9 Å². The molecule has 0 radical (unpaired) electrons. The summed E-state index contributed by atoms with van der Waals surface area (Å²) in [6.07, 6.45) is 3.29. The van der Waals surface area contributed by atoms with Crippen LogP contribution in [0.15, 0.2) is 12.1 Å². The SMILES string of the molecule is Clc1cc(Cl)c2c(c1)C(NCCC1CCOC1)CCO2. The van der Waals surface area contributed by atoms with Gasteiger partial charge in [0.2, 0.25) is 0 Å². The molecule has 0 aliphatic carbocycles. The molecule has 1 saturated heterocycles. The van der Waals surface area contributed by atoms with E-state index in [0.717, 1.165) is 43.9 Å². The first-order valence-corrected chi connectivity index (χ1v) is 7.92. The molecule has 0 spiro atoms. The second-order valence-corrected chi connectivity index (χ2v) is 6.31. The van der Waals surface area contributed by atoms with Gasteiger partial charge < -0.3 is 14.8 Å². The minimum absolute atomic E-state index is 0.275. The molecule has 0 amide bonds. The highest BCUT2D eigenvalue weighted by atomic mass is 35.5. The second-order valence-electron chi connectivity index (χ2n) is 5.47. The van der Waals surface area contributed by atoms with Gasteiger partial charge in [-0.2, -0.15) is 0 Å². The molecule has 2 aliphatic rings. The fraction of sp³-hybridized carbons (Fsp3) is 0.600. The smallest absolute Gasteiger partial charge is 0.142 e. The molecule has 1 aromatic carbocycles. The Bertz CT molecular complexity index is 475. The Balaban J connectivity index is 1.63. The van der Waals surface area contributed by atoms with Crippen LogP contribution in [0.2, 0.25) is 10.0 Å². The number of hydrogen-bond acceptors (Lipinski definition) is 3. The van der Waals surface area contributed by atoms with Crippen LogP contribution in [0.3, 0.4) is 0 Å². The zero-order valence-electron chi connectivity index (χ0n) is 11.3. The maximum Gasteiger partial charge on any atom is 0.142 e. The minimum Gasteiger partial charge on any atom is -0.492 e. The molecule has 0 aromatic heterocycles. The summed E-state index contributed by atoms with van der Waals surface area (Å²) in [5, 5.41) is 4.87. The summed E-state index contributed by atoms with van der Waals surface area (Å²) in [6.45, 7) is 3.50. The van der Waals surface area contributed by atoms with Crippen molar-refractivity contribution in [1.82, 2.24) is 5.32 Å². The van der Waals surface area contributed by atoms with Crippen LogP contribution in [-0.2, 0) is 4.74 Å². The first-order chi connectivity index (χ1) is 9.74. The molecule has 20 heavy (non-hydrogen) atoms. The van der Waals surface area contributed by atoms with Gasteiger partial charge in [-0.3, -0.25) is 0 Å². The van der Waals surface area contributed by atoms with E-state index >= 15 is 0 Å². The molecular weight excluding hydrogens is 297 g/mol. The summed E-state index contributed by atoms with van der Waals surface area (Å²) in [5.41, 5.74) is 1.08. The largest absolute Gasteiger partial charge is 0.492 e. The van der Waals surface area contributed by atoms with Gasteiger partial charge in [-0.25, -0.2) is 0 Å². The summed E-state index contributed by atoms with van der Waals surface area (Å²) in [6, 6.07) is 3.97. The van der Waals surface area contributed by atoms with Gasteiger partial charge in [-0.1, -0.05) is 23.2 Å². The van der Waals surface area contributed by atoms with E-state index in [1.165, 1.54) is 6.42 Å². The van der Waals surface area contributed by atoms with Gasteiger partial charge >= 0.3 is 0 Å². The second kappa shape index (κ2) is 6.52. The van der Waals surface area contributed by atoms with Crippen LogP contribution in [0.25, 0.3) is 0 Å². The van der Waals surface area contributed by atoms with E-state index in [-0.39, 0.29) is 6.04 Å². The van der Waals surface area contributed by atoms with E-state index in [1.54, 1.807) is 6.07 Å². The fourth-order valence-electron chi connectivity index (χ4n) is 2.91. The molecular formula is C15H19Cl2NO2. The molecule has 2 heterocycles. The van der Waals surface area contributed by atoms with Gasteiger partial charge in [0.15, 0.2) is 0 Å². The highest BCUT2D eigenvalue weighted by Gasteiger charge is 2.24. The van der Waals surface area contributed by atoms with Crippen molar-refractivity contribution < 1.29 is 9.47 Å². The van der Waals surface area contributed by atoms with Gasteiger partial charge in [-0.05, 0) is 37.4 Å². The third-order valence-corrected chi connectivity index (χ3v) is 4.53. The molecule has 110 valence electrons.